The van der Waals surface area contributed by atoms with E-state index in [2.05, 4.69) is 15.3 Å². The number of aromatic nitrogens is 2. The Balaban J connectivity index is 1.66. The van der Waals surface area contributed by atoms with Crippen molar-refractivity contribution in [3.8, 4) is 5.75 Å². The number of hydrogen-bond acceptors (Lipinski definition) is 6. The Morgan fingerprint density at radius 2 is 1.74 bits per heavy atom. The van der Waals surface area contributed by atoms with Gasteiger partial charge in [0.15, 0.2) is 11.3 Å². The highest BCUT2D eigenvalue weighted by atomic mass is 32.2. The summed E-state index contributed by atoms with van der Waals surface area (Å²) in [7, 11) is 0. The molecule has 2 aromatic carbocycles. The first kappa shape index (κ1) is 19.3. The lowest BCUT2D eigenvalue weighted by atomic mass is 10.3. The molecule has 0 radical (unpaired) electrons. The molecule has 1 amide bonds. The lowest BCUT2D eigenvalue weighted by molar-refractivity contribution is -0.122. The molecule has 1 aromatic heterocycles. The molecule has 138 valence electrons. The van der Waals surface area contributed by atoms with Gasteiger partial charge < -0.3 is 10.1 Å². The van der Waals surface area contributed by atoms with E-state index >= 15 is 0 Å². The highest BCUT2D eigenvalue weighted by Crippen LogP contribution is 2.31. The Labute approximate surface area is 167 Å². The number of nitrogens with one attached hydrogen (secondary N) is 1. The lowest BCUT2D eigenvalue weighted by Crippen LogP contribution is -2.30. The number of carbonyl (C=O) groups excluding carboxylic acids is 1. The van der Waals surface area contributed by atoms with Crippen LogP contribution in [0.1, 0.15) is 6.92 Å². The van der Waals surface area contributed by atoms with Gasteiger partial charge in [-0.05, 0) is 67.4 Å². The van der Waals surface area contributed by atoms with Gasteiger partial charge in [-0.25, -0.2) is 9.97 Å². The first-order valence-corrected chi connectivity index (χ1v) is 10.4. The number of hydrogen-bond donors (Lipinski definition) is 1. The minimum Gasteiger partial charge on any atom is -0.481 e. The molecule has 0 saturated carbocycles. The second-order valence-corrected chi connectivity index (χ2v) is 7.44. The smallest absolute Gasteiger partial charge is 0.265 e. The molecule has 3 rings (SSSR count). The number of rotatable bonds is 7. The number of benzene rings is 2. The first-order valence-electron chi connectivity index (χ1n) is 8.31. The van der Waals surface area contributed by atoms with Gasteiger partial charge in [0.1, 0.15) is 5.75 Å². The van der Waals surface area contributed by atoms with Crippen molar-refractivity contribution in [2.24, 2.45) is 0 Å². The van der Waals surface area contributed by atoms with E-state index in [9.17, 15) is 4.79 Å². The van der Waals surface area contributed by atoms with E-state index < -0.39 is 6.10 Å². The third kappa shape index (κ3) is 5.48. The number of para-hydroxylation sites is 1. The van der Waals surface area contributed by atoms with Crippen molar-refractivity contribution in [3.05, 3.63) is 67.0 Å². The third-order valence-electron chi connectivity index (χ3n) is 3.63. The summed E-state index contributed by atoms with van der Waals surface area (Å²) in [5, 5.41) is 3.55. The van der Waals surface area contributed by atoms with Crippen LogP contribution >= 0.6 is 23.5 Å². The monoisotopic (exact) mass is 397 g/mol. The molecule has 0 aliphatic rings. The fourth-order valence-corrected chi connectivity index (χ4v) is 3.45. The van der Waals surface area contributed by atoms with Gasteiger partial charge in [-0.1, -0.05) is 12.1 Å². The van der Waals surface area contributed by atoms with E-state index in [1.807, 2.05) is 54.8 Å². The average Bonchev–Trinajstić information content (AvgIpc) is 2.71. The van der Waals surface area contributed by atoms with Gasteiger partial charge >= 0.3 is 0 Å². The summed E-state index contributed by atoms with van der Waals surface area (Å²) >= 11 is 3.06. The Kier molecular flexibility index (Phi) is 6.73. The van der Waals surface area contributed by atoms with Crippen molar-refractivity contribution < 1.29 is 9.53 Å². The van der Waals surface area contributed by atoms with Gasteiger partial charge in [0.05, 0.1) is 5.69 Å². The van der Waals surface area contributed by atoms with Crippen molar-refractivity contribution >= 4 is 35.1 Å². The molecule has 0 aliphatic carbocycles. The molecule has 1 N–H and O–H groups in total. The Morgan fingerprint density at radius 1 is 1.04 bits per heavy atom. The molecule has 0 spiro atoms. The molecule has 7 heteroatoms. The summed E-state index contributed by atoms with van der Waals surface area (Å²) in [5.74, 6) is 0.446. The first-order chi connectivity index (χ1) is 13.2. The summed E-state index contributed by atoms with van der Waals surface area (Å²) in [6, 6.07) is 17.0. The molecular formula is C20H19N3O2S2. The number of amides is 1. The van der Waals surface area contributed by atoms with E-state index in [1.165, 1.54) is 11.8 Å². The largest absolute Gasteiger partial charge is 0.481 e. The molecule has 0 aliphatic heterocycles. The molecule has 1 heterocycles. The van der Waals surface area contributed by atoms with E-state index in [-0.39, 0.29) is 5.91 Å². The maximum absolute atomic E-state index is 12.6. The summed E-state index contributed by atoms with van der Waals surface area (Å²) in [5.41, 5.74) is 0.702. The van der Waals surface area contributed by atoms with Gasteiger partial charge in [0.25, 0.3) is 5.91 Å². The van der Waals surface area contributed by atoms with Crippen LogP contribution < -0.4 is 10.1 Å². The van der Waals surface area contributed by atoms with Crippen molar-refractivity contribution in [2.75, 3.05) is 11.6 Å². The number of anilines is 1. The van der Waals surface area contributed by atoms with E-state index in [1.54, 1.807) is 37.1 Å². The highest BCUT2D eigenvalue weighted by molar-refractivity contribution is 7.99. The Morgan fingerprint density at radius 3 is 2.44 bits per heavy atom. The Bertz CT molecular complexity index is 889. The van der Waals surface area contributed by atoms with Crippen LogP contribution in [0.5, 0.6) is 5.75 Å². The normalized spacial score (nSPS) is 11.6. The van der Waals surface area contributed by atoms with Crippen molar-refractivity contribution in [1.82, 2.24) is 9.97 Å². The average molecular weight is 398 g/mol. The van der Waals surface area contributed by atoms with E-state index in [4.69, 9.17) is 4.74 Å². The molecular weight excluding hydrogens is 378 g/mol. The number of ether oxygens (including phenoxy) is 1. The molecule has 0 saturated heterocycles. The van der Waals surface area contributed by atoms with Crippen molar-refractivity contribution in [3.63, 3.8) is 0 Å². The van der Waals surface area contributed by atoms with Crippen LogP contribution in [0.25, 0.3) is 0 Å². The molecule has 1 atom stereocenters. The zero-order chi connectivity index (χ0) is 19.1. The van der Waals surface area contributed by atoms with Crippen LogP contribution in [0.4, 0.5) is 5.69 Å². The fraction of sp³-hybridized carbons (Fsp3) is 0.150. The molecule has 5 nitrogen and oxygen atoms in total. The summed E-state index contributed by atoms with van der Waals surface area (Å²) in [6.45, 7) is 1.73. The third-order valence-corrected chi connectivity index (χ3v) is 5.34. The second kappa shape index (κ2) is 9.43. The predicted molar refractivity (Wildman–Crippen MR) is 110 cm³/mol. The van der Waals surface area contributed by atoms with E-state index in [0.29, 0.717) is 16.6 Å². The lowest BCUT2D eigenvalue weighted by Gasteiger charge is -2.16. The molecule has 1 unspecified atom stereocenters. The van der Waals surface area contributed by atoms with E-state index in [0.717, 1.165) is 9.79 Å². The van der Waals surface area contributed by atoms with Crippen LogP contribution in [-0.2, 0) is 4.79 Å². The van der Waals surface area contributed by atoms with Gasteiger partial charge in [0, 0.05) is 22.2 Å². The molecule has 0 bridgehead atoms. The van der Waals surface area contributed by atoms with Crippen LogP contribution in [0.15, 0.2) is 81.9 Å². The van der Waals surface area contributed by atoms with Crippen LogP contribution in [0, 0.1) is 0 Å². The topological polar surface area (TPSA) is 64.1 Å². The summed E-state index contributed by atoms with van der Waals surface area (Å²) in [6.07, 6.45) is 4.77. The summed E-state index contributed by atoms with van der Waals surface area (Å²) < 4.78 is 5.75. The predicted octanol–water partition coefficient (Wildman–Crippen LogP) is 4.76. The van der Waals surface area contributed by atoms with Crippen LogP contribution in [-0.4, -0.2) is 28.2 Å². The standard InChI is InChI=1S/C20H19N3O2S2/c1-14(25-15-8-10-16(26-2)11-9-15)19(24)23-17-6-3-4-7-18(17)27-20-21-12-5-13-22-20/h3-14H,1-2H3,(H,23,24). The van der Waals surface area contributed by atoms with Gasteiger partial charge in [-0.2, -0.15) is 0 Å². The number of nitrogens with zero attached hydrogens (tertiary/aromatic N) is 2. The van der Waals surface area contributed by atoms with Crippen molar-refractivity contribution in [1.29, 1.82) is 0 Å². The molecule has 27 heavy (non-hydrogen) atoms. The van der Waals surface area contributed by atoms with Gasteiger partial charge in [0.2, 0.25) is 0 Å². The molecule has 0 fully saturated rings. The maximum atomic E-state index is 12.6. The van der Waals surface area contributed by atoms with Gasteiger partial charge in [-0.3, -0.25) is 4.79 Å². The van der Waals surface area contributed by atoms with Crippen LogP contribution in [0.3, 0.4) is 0 Å². The van der Waals surface area contributed by atoms with Crippen LogP contribution in [0.2, 0.25) is 0 Å². The fourth-order valence-electron chi connectivity index (χ4n) is 2.24. The summed E-state index contributed by atoms with van der Waals surface area (Å²) in [4.78, 5) is 23.0. The maximum Gasteiger partial charge on any atom is 0.265 e. The van der Waals surface area contributed by atoms with Gasteiger partial charge in [-0.15, -0.1) is 11.8 Å². The molecule has 3 aromatic rings. The zero-order valence-electron chi connectivity index (χ0n) is 15.0. The minimum absolute atomic E-state index is 0.217. The highest BCUT2D eigenvalue weighted by Gasteiger charge is 2.17. The van der Waals surface area contributed by atoms with Crippen molar-refractivity contribution in [2.45, 2.75) is 28.0 Å². The number of thioether (sulfide) groups is 1. The zero-order valence-corrected chi connectivity index (χ0v) is 16.6. The quantitative estimate of drug-likeness (QED) is 0.458. The minimum atomic E-state index is -0.629. The Hall–Kier alpha value is -2.51. The SMILES string of the molecule is CSc1ccc(OC(C)C(=O)Nc2ccccc2Sc2ncccn2)cc1. The second-order valence-electron chi connectivity index (χ2n) is 5.55. The number of carbonyl (C=O) groups is 1.